The lowest BCUT2D eigenvalue weighted by Crippen LogP contribution is -2.25. The van der Waals surface area contributed by atoms with E-state index in [0.717, 1.165) is 54.8 Å². The molecule has 7 nitrogen and oxygen atoms in total. The molecule has 0 bridgehead atoms. The third kappa shape index (κ3) is 6.95. The first-order valence-corrected chi connectivity index (χ1v) is 12.8. The molecule has 4 aromatic rings. The van der Waals surface area contributed by atoms with Crippen LogP contribution in [0, 0.1) is 0 Å². The highest BCUT2D eigenvalue weighted by Gasteiger charge is 2.12. The van der Waals surface area contributed by atoms with Crippen molar-refractivity contribution in [2.45, 2.75) is 32.2 Å². The Morgan fingerprint density at radius 1 is 0.946 bits per heavy atom. The summed E-state index contributed by atoms with van der Waals surface area (Å²) >= 11 is 5.93. The molecular formula is C29H32ClN3O4. The standard InChI is InChI=1S/C29H32ClN3O4/c1-35-26-16-11-21(20-27(26)36-2)29(34)31-17-7-10-28-32-24-8-3-4-9-25(24)33(28)18-5-6-19-37-23-14-12-22(30)13-15-23/h3-4,8-9,11-16,20H,5-7,10,17-19H2,1-2H3,(H,31,34). The molecule has 0 saturated heterocycles. The summed E-state index contributed by atoms with van der Waals surface area (Å²) in [7, 11) is 3.12. The summed E-state index contributed by atoms with van der Waals surface area (Å²) < 4.78 is 18.7. The highest BCUT2D eigenvalue weighted by molar-refractivity contribution is 6.30. The number of nitrogens with one attached hydrogen (secondary N) is 1. The number of aromatic nitrogens is 2. The minimum Gasteiger partial charge on any atom is -0.494 e. The molecule has 8 heteroatoms. The minimum absolute atomic E-state index is 0.143. The number of rotatable bonds is 13. The first-order chi connectivity index (χ1) is 18.1. The third-order valence-electron chi connectivity index (χ3n) is 6.10. The highest BCUT2D eigenvalue weighted by Crippen LogP contribution is 2.27. The predicted molar refractivity (Wildman–Crippen MR) is 146 cm³/mol. The van der Waals surface area contributed by atoms with E-state index in [1.165, 1.54) is 0 Å². The van der Waals surface area contributed by atoms with Gasteiger partial charge in [-0.15, -0.1) is 0 Å². The van der Waals surface area contributed by atoms with Gasteiger partial charge in [0.05, 0.1) is 31.9 Å². The van der Waals surface area contributed by atoms with Gasteiger partial charge in [0, 0.05) is 30.1 Å². The number of carbonyl (C=O) groups excluding carboxylic acids is 1. The zero-order valence-electron chi connectivity index (χ0n) is 21.2. The van der Waals surface area contributed by atoms with Crippen molar-refractivity contribution in [3.63, 3.8) is 0 Å². The van der Waals surface area contributed by atoms with Gasteiger partial charge in [-0.05, 0) is 73.9 Å². The molecule has 0 aliphatic rings. The Kier molecular flexibility index (Phi) is 9.27. The molecule has 4 rings (SSSR count). The fourth-order valence-corrected chi connectivity index (χ4v) is 4.31. The lowest BCUT2D eigenvalue weighted by Gasteiger charge is -2.11. The average molecular weight is 522 g/mol. The van der Waals surface area contributed by atoms with Gasteiger partial charge in [0.15, 0.2) is 11.5 Å². The molecule has 0 fully saturated rings. The van der Waals surface area contributed by atoms with E-state index in [2.05, 4.69) is 16.0 Å². The Labute approximate surface area is 222 Å². The van der Waals surface area contributed by atoms with E-state index in [1.54, 1.807) is 32.4 Å². The van der Waals surface area contributed by atoms with Gasteiger partial charge in [0.1, 0.15) is 11.6 Å². The molecule has 1 aromatic heterocycles. The van der Waals surface area contributed by atoms with Gasteiger partial charge in [-0.25, -0.2) is 4.98 Å². The maximum Gasteiger partial charge on any atom is 0.251 e. The van der Waals surface area contributed by atoms with Crippen molar-refractivity contribution in [3.05, 3.63) is 83.1 Å². The van der Waals surface area contributed by atoms with Crippen LogP contribution in [0.5, 0.6) is 17.2 Å². The molecule has 3 aromatic carbocycles. The normalized spacial score (nSPS) is 10.9. The summed E-state index contributed by atoms with van der Waals surface area (Å²) in [5.41, 5.74) is 2.65. The number of amides is 1. The topological polar surface area (TPSA) is 74.6 Å². The molecule has 0 unspecified atom stereocenters. The fraction of sp³-hybridized carbons (Fsp3) is 0.310. The van der Waals surface area contributed by atoms with Crippen molar-refractivity contribution < 1.29 is 19.0 Å². The summed E-state index contributed by atoms with van der Waals surface area (Å²) in [5.74, 6) is 2.83. The number of para-hydroxylation sites is 2. The minimum atomic E-state index is -0.143. The maximum absolute atomic E-state index is 12.6. The number of nitrogens with zero attached hydrogens (tertiary/aromatic N) is 2. The number of aryl methyl sites for hydroxylation is 2. The number of imidazole rings is 1. The van der Waals surface area contributed by atoms with Crippen LogP contribution in [0.15, 0.2) is 66.7 Å². The first kappa shape index (κ1) is 26.4. The van der Waals surface area contributed by atoms with Gasteiger partial charge >= 0.3 is 0 Å². The van der Waals surface area contributed by atoms with Crippen molar-refractivity contribution in [3.8, 4) is 17.2 Å². The fourth-order valence-electron chi connectivity index (χ4n) is 4.19. The lowest BCUT2D eigenvalue weighted by molar-refractivity contribution is 0.0952. The quantitative estimate of drug-likeness (QED) is 0.221. The van der Waals surface area contributed by atoms with Crippen LogP contribution in [0.2, 0.25) is 5.02 Å². The maximum atomic E-state index is 12.6. The molecule has 0 aliphatic heterocycles. The number of fused-ring (bicyclic) bond motifs is 1. The molecule has 194 valence electrons. The molecule has 0 spiro atoms. The van der Waals surface area contributed by atoms with E-state index in [9.17, 15) is 4.79 Å². The molecule has 37 heavy (non-hydrogen) atoms. The van der Waals surface area contributed by atoms with E-state index in [4.69, 9.17) is 30.8 Å². The Balaban J connectivity index is 1.29. The second-order valence-corrected chi connectivity index (χ2v) is 9.04. The van der Waals surface area contributed by atoms with Crippen molar-refractivity contribution in [1.82, 2.24) is 14.9 Å². The molecule has 1 amide bonds. The Morgan fingerprint density at radius 3 is 2.51 bits per heavy atom. The summed E-state index contributed by atoms with van der Waals surface area (Å²) in [6.07, 6.45) is 3.44. The van der Waals surface area contributed by atoms with E-state index in [0.29, 0.717) is 35.2 Å². The highest BCUT2D eigenvalue weighted by atomic mass is 35.5. The molecule has 1 heterocycles. The number of benzene rings is 3. The van der Waals surface area contributed by atoms with Crippen LogP contribution < -0.4 is 19.5 Å². The molecule has 0 radical (unpaired) electrons. The van der Waals surface area contributed by atoms with Crippen molar-refractivity contribution in [1.29, 1.82) is 0 Å². The summed E-state index contributed by atoms with van der Waals surface area (Å²) in [5, 5.41) is 3.69. The zero-order chi connectivity index (χ0) is 26.0. The number of unbranched alkanes of at least 4 members (excludes halogenated alkanes) is 1. The van der Waals surface area contributed by atoms with E-state index >= 15 is 0 Å². The second kappa shape index (κ2) is 13.0. The van der Waals surface area contributed by atoms with Crippen molar-refractivity contribution in [2.24, 2.45) is 0 Å². The molecule has 0 aliphatic carbocycles. The molecule has 0 saturated carbocycles. The Hall–Kier alpha value is -3.71. The largest absolute Gasteiger partial charge is 0.494 e. The number of halogens is 1. The average Bonchev–Trinajstić information content (AvgIpc) is 3.28. The van der Waals surface area contributed by atoms with Gasteiger partial charge in [-0.1, -0.05) is 23.7 Å². The van der Waals surface area contributed by atoms with Gasteiger partial charge in [0.2, 0.25) is 0 Å². The summed E-state index contributed by atoms with van der Waals surface area (Å²) in [4.78, 5) is 17.5. The monoisotopic (exact) mass is 521 g/mol. The lowest BCUT2D eigenvalue weighted by atomic mass is 10.2. The van der Waals surface area contributed by atoms with Gasteiger partial charge in [0.25, 0.3) is 5.91 Å². The van der Waals surface area contributed by atoms with Crippen molar-refractivity contribution in [2.75, 3.05) is 27.4 Å². The number of carbonyl (C=O) groups is 1. The van der Waals surface area contributed by atoms with E-state index in [-0.39, 0.29) is 5.91 Å². The van der Waals surface area contributed by atoms with Crippen LogP contribution in [-0.4, -0.2) is 42.8 Å². The second-order valence-electron chi connectivity index (χ2n) is 8.61. The van der Waals surface area contributed by atoms with Gasteiger partial charge < -0.3 is 24.1 Å². The third-order valence-corrected chi connectivity index (χ3v) is 6.35. The Bertz CT molecular complexity index is 1320. The van der Waals surface area contributed by atoms with Crippen molar-refractivity contribution >= 4 is 28.5 Å². The van der Waals surface area contributed by atoms with Crippen LogP contribution in [0.1, 0.15) is 35.4 Å². The summed E-state index contributed by atoms with van der Waals surface area (Å²) in [6, 6.07) is 20.8. The SMILES string of the molecule is COc1ccc(C(=O)NCCCc2nc3ccccc3n2CCCCOc2ccc(Cl)cc2)cc1OC. The molecule has 0 atom stereocenters. The predicted octanol–water partition coefficient (Wildman–Crippen LogP) is 5.93. The van der Waals surface area contributed by atoms with Gasteiger partial charge in [-0.3, -0.25) is 4.79 Å². The van der Waals surface area contributed by atoms with E-state index in [1.807, 2.05) is 42.5 Å². The molecule has 1 N–H and O–H groups in total. The van der Waals surface area contributed by atoms with Crippen LogP contribution in [-0.2, 0) is 13.0 Å². The number of methoxy groups -OCH3 is 2. The summed E-state index contributed by atoms with van der Waals surface area (Å²) in [6.45, 7) is 2.05. The molecular weight excluding hydrogens is 490 g/mol. The number of hydrogen-bond acceptors (Lipinski definition) is 5. The van der Waals surface area contributed by atoms with Gasteiger partial charge in [-0.2, -0.15) is 0 Å². The van der Waals surface area contributed by atoms with Crippen LogP contribution >= 0.6 is 11.6 Å². The van der Waals surface area contributed by atoms with E-state index < -0.39 is 0 Å². The Morgan fingerprint density at radius 2 is 1.73 bits per heavy atom. The van der Waals surface area contributed by atoms with Crippen LogP contribution in [0.3, 0.4) is 0 Å². The smallest absolute Gasteiger partial charge is 0.251 e. The number of hydrogen-bond donors (Lipinski definition) is 1. The van der Waals surface area contributed by atoms with Crippen LogP contribution in [0.4, 0.5) is 0 Å². The number of ether oxygens (including phenoxy) is 3. The first-order valence-electron chi connectivity index (χ1n) is 12.4. The van der Waals surface area contributed by atoms with Crippen LogP contribution in [0.25, 0.3) is 11.0 Å². The zero-order valence-corrected chi connectivity index (χ0v) is 22.0.